The SMILES string of the molecule is Cc1ccc(NCC(C)(O)Cl)cc1. The molecule has 0 aliphatic carbocycles. The average molecular weight is 200 g/mol. The molecule has 1 unspecified atom stereocenters. The standard InChI is InChI=1S/C10H14ClNO/c1-8-3-5-9(6-4-8)12-7-10(2,11)13/h3-6,12-13H,7H2,1-2H3. The number of aliphatic hydroxyl groups is 1. The number of hydrogen-bond donors (Lipinski definition) is 2. The minimum atomic E-state index is -1.19. The zero-order valence-corrected chi connectivity index (χ0v) is 8.60. The Balaban J connectivity index is 2.51. The van der Waals surface area contributed by atoms with Crippen LogP contribution in [0, 0.1) is 6.92 Å². The maximum atomic E-state index is 9.24. The van der Waals surface area contributed by atoms with E-state index >= 15 is 0 Å². The maximum absolute atomic E-state index is 9.24. The maximum Gasteiger partial charge on any atom is 0.152 e. The highest BCUT2D eigenvalue weighted by Crippen LogP contribution is 2.13. The summed E-state index contributed by atoms with van der Waals surface area (Å²) < 4.78 is 0. The van der Waals surface area contributed by atoms with Gasteiger partial charge in [0.25, 0.3) is 0 Å². The predicted molar refractivity (Wildman–Crippen MR) is 56.1 cm³/mol. The number of alkyl halides is 1. The number of aryl methyl sites for hydroxylation is 1. The lowest BCUT2D eigenvalue weighted by Gasteiger charge is -2.16. The van der Waals surface area contributed by atoms with Crippen LogP contribution in [0.4, 0.5) is 5.69 Å². The molecule has 0 saturated carbocycles. The molecule has 1 aromatic rings. The Morgan fingerprint density at radius 1 is 1.38 bits per heavy atom. The molecule has 0 fully saturated rings. The van der Waals surface area contributed by atoms with Crippen molar-refractivity contribution in [3.63, 3.8) is 0 Å². The highest BCUT2D eigenvalue weighted by Gasteiger charge is 2.14. The molecule has 0 bridgehead atoms. The molecule has 3 heteroatoms. The van der Waals surface area contributed by atoms with Crippen molar-refractivity contribution in [2.24, 2.45) is 0 Å². The third-order valence-electron chi connectivity index (χ3n) is 1.67. The number of benzene rings is 1. The van der Waals surface area contributed by atoms with Gasteiger partial charge in [0.1, 0.15) is 0 Å². The van der Waals surface area contributed by atoms with Gasteiger partial charge in [0.15, 0.2) is 5.06 Å². The zero-order valence-electron chi connectivity index (χ0n) is 7.84. The molecule has 13 heavy (non-hydrogen) atoms. The van der Waals surface area contributed by atoms with E-state index < -0.39 is 5.06 Å². The smallest absolute Gasteiger partial charge is 0.152 e. The van der Waals surface area contributed by atoms with Gasteiger partial charge in [0.05, 0.1) is 6.54 Å². The number of nitrogens with one attached hydrogen (secondary N) is 1. The second-order valence-corrected chi connectivity index (χ2v) is 4.18. The van der Waals surface area contributed by atoms with Crippen LogP contribution in [0.3, 0.4) is 0 Å². The van der Waals surface area contributed by atoms with Gasteiger partial charge in [0, 0.05) is 5.69 Å². The number of halogens is 1. The Labute approximate surface area is 83.5 Å². The monoisotopic (exact) mass is 199 g/mol. The van der Waals surface area contributed by atoms with E-state index in [0.717, 1.165) is 5.69 Å². The topological polar surface area (TPSA) is 32.3 Å². The average Bonchev–Trinajstić information content (AvgIpc) is 2.02. The van der Waals surface area contributed by atoms with Crippen molar-refractivity contribution < 1.29 is 5.11 Å². The van der Waals surface area contributed by atoms with Crippen molar-refractivity contribution in [2.45, 2.75) is 18.9 Å². The van der Waals surface area contributed by atoms with Gasteiger partial charge in [-0.1, -0.05) is 29.3 Å². The van der Waals surface area contributed by atoms with Crippen molar-refractivity contribution in [3.8, 4) is 0 Å². The second kappa shape index (κ2) is 3.99. The van der Waals surface area contributed by atoms with E-state index in [9.17, 15) is 5.11 Å². The van der Waals surface area contributed by atoms with E-state index in [-0.39, 0.29) is 0 Å². The van der Waals surface area contributed by atoms with Gasteiger partial charge >= 0.3 is 0 Å². The van der Waals surface area contributed by atoms with E-state index in [2.05, 4.69) is 5.32 Å². The fourth-order valence-corrected chi connectivity index (χ4v) is 1.00. The Bertz CT molecular complexity index is 263. The summed E-state index contributed by atoms with van der Waals surface area (Å²) in [6, 6.07) is 7.92. The minimum absolute atomic E-state index is 0.331. The molecule has 0 radical (unpaired) electrons. The molecule has 0 aliphatic rings. The van der Waals surface area contributed by atoms with Crippen molar-refractivity contribution in [2.75, 3.05) is 11.9 Å². The molecule has 0 amide bonds. The van der Waals surface area contributed by atoms with Gasteiger partial charge < -0.3 is 10.4 Å². The Hall–Kier alpha value is -0.730. The molecule has 1 rings (SSSR count). The summed E-state index contributed by atoms with van der Waals surface area (Å²) in [6.07, 6.45) is 0. The van der Waals surface area contributed by atoms with E-state index in [1.807, 2.05) is 31.2 Å². The summed E-state index contributed by atoms with van der Waals surface area (Å²) in [5.41, 5.74) is 2.18. The highest BCUT2D eigenvalue weighted by atomic mass is 35.5. The van der Waals surface area contributed by atoms with Gasteiger partial charge in [-0.05, 0) is 26.0 Å². The normalized spacial score (nSPS) is 15.1. The predicted octanol–water partition coefficient (Wildman–Crippen LogP) is 2.35. The molecule has 1 aromatic carbocycles. The lowest BCUT2D eigenvalue weighted by atomic mass is 10.2. The van der Waals surface area contributed by atoms with Crippen LogP contribution in [0.1, 0.15) is 12.5 Å². The molecular weight excluding hydrogens is 186 g/mol. The van der Waals surface area contributed by atoms with E-state index in [4.69, 9.17) is 11.6 Å². The molecule has 2 N–H and O–H groups in total. The molecule has 0 spiro atoms. The molecular formula is C10H14ClNO. The van der Waals surface area contributed by atoms with Crippen molar-refractivity contribution in [1.82, 2.24) is 0 Å². The van der Waals surface area contributed by atoms with Crippen LogP contribution in [0.5, 0.6) is 0 Å². The van der Waals surface area contributed by atoms with Crippen LogP contribution in [0.25, 0.3) is 0 Å². The van der Waals surface area contributed by atoms with Crippen molar-refractivity contribution in [1.29, 1.82) is 0 Å². The second-order valence-electron chi connectivity index (χ2n) is 3.36. The van der Waals surface area contributed by atoms with Crippen LogP contribution in [-0.2, 0) is 0 Å². The Morgan fingerprint density at radius 2 is 1.92 bits per heavy atom. The quantitative estimate of drug-likeness (QED) is 0.733. The van der Waals surface area contributed by atoms with Crippen LogP contribution >= 0.6 is 11.6 Å². The Kier molecular flexibility index (Phi) is 3.17. The van der Waals surface area contributed by atoms with Crippen LogP contribution < -0.4 is 5.32 Å². The number of anilines is 1. The summed E-state index contributed by atoms with van der Waals surface area (Å²) in [5.74, 6) is 0. The first-order valence-corrected chi connectivity index (χ1v) is 4.57. The summed E-state index contributed by atoms with van der Waals surface area (Å²) >= 11 is 5.61. The number of hydrogen-bond acceptors (Lipinski definition) is 2. The molecule has 0 saturated heterocycles. The molecule has 0 heterocycles. The first kappa shape index (κ1) is 10.4. The van der Waals surface area contributed by atoms with E-state index in [0.29, 0.717) is 6.54 Å². The Morgan fingerprint density at radius 3 is 2.38 bits per heavy atom. The molecule has 0 aromatic heterocycles. The largest absolute Gasteiger partial charge is 0.381 e. The summed E-state index contributed by atoms with van der Waals surface area (Å²) in [4.78, 5) is 0. The first-order valence-electron chi connectivity index (χ1n) is 4.19. The summed E-state index contributed by atoms with van der Waals surface area (Å²) in [5, 5.41) is 11.1. The molecule has 2 nitrogen and oxygen atoms in total. The molecule has 0 aliphatic heterocycles. The lowest BCUT2D eigenvalue weighted by molar-refractivity contribution is 0.163. The fraction of sp³-hybridized carbons (Fsp3) is 0.400. The van der Waals surface area contributed by atoms with Crippen LogP contribution in [0.15, 0.2) is 24.3 Å². The zero-order chi connectivity index (χ0) is 9.90. The summed E-state index contributed by atoms with van der Waals surface area (Å²) in [7, 11) is 0. The van der Waals surface area contributed by atoms with Crippen molar-refractivity contribution >= 4 is 17.3 Å². The van der Waals surface area contributed by atoms with Crippen molar-refractivity contribution in [3.05, 3.63) is 29.8 Å². The fourth-order valence-electron chi connectivity index (χ4n) is 0.935. The third-order valence-corrected chi connectivity index (χ3v) is 1.80. The minimum Gasteiger partial charge on any atom is -0.381 e. The lowest BCUT2D eigenvalue weighted by Crippen LogP contribution is -2.26. The van der Waals surface area contributed by atoms with E-state index in [1.54, 1.807) is 6.92 Å². The first-order chi connectivity index (χ1) is 5.97. The number of rotatable bonds is 3. The van der Waals surface area contributed by atoms with Gasteiger partial charge in [-0.2, -0.15) is 0 Å². The molecule has 1 atom stereocenters. The van der Waals surface area contributed by atoms with Crippen LogP contribution in [-0.4, -0.2) is 16.7 Å². The molecule has 72 valence electrons. The van der Waals surface area contributed by atoms with E-state index in [1.165, 1.54) is 5.56 Å². The van der Waals surface area contributed by atoms with Gasteiger partial charge in [-0.3, -0.25) is 0 Å². The van der Waals surface area contributed by atoms with Gasteiger partial charge in [-0.25, -0.2) is 0 Å². The van der Waals surface area contributed by atoms with Gasteiger partial charge in [0.2, 0.25) is 0 Å². The third kappa shape index (κ3) is 4.15. The van der Waals surface area contributed by atoms with Crippen LogP contribution in [0.2, 0.25) is 0 Å². The highest BCUT2D eigenvalue weighted by molar-refractivity contribution is 6.22. The van der Waals surface area contributed by atoms with Gasteiger partial charge in [-0.15, -0.1) is 0 Å². The summed E-state index contributed by atoms with van der Waals surface area (Å²) in [6.45, 7) is 3.91.